The number of sulfonamides is 1. The van der Waals surface area contributed by atoms with Gasteiger partial charge in [-0.3, -0.25) is 4.79 Å². The van der Waals surface area contributed by atoms with Crippen molar-refractivity contribution in [2.24, 2.45) is 4.40 Å². The van der Waals surface area contributed by atoms with Crippen molar-refractivity contribution in [2.75, 3.05) is 20.2 Å². The van der Waals surface area contributed by atoms with Gasteiger partial charge in [0.05, 0.1) is 17.7 Å². The Morgan fingerprint density at radius 2 is 1.78 bits per heavy atom. The Labute approximate surface area is 191 Å². The molecule has 0 radical (unpaired) electrons. The summed E-state index contributed by atoms with van der Waals surface area (Å²) >= 11 is 1.02. The summed E-state index contributed by atoms with van der Waals surface area (Å²) in [6, 6.07) is 12.3. The smallest absolute Gasteiger partial charge is 0.284 e. The molecule has 8 nitrogen and oxygen atoms in total. The molecule has 3 aromatic rings. The zero-order valence-corrected chi connectivity index (χ0v) is 19.7. The van der Waals surface area contributed by atoms with Crippen LogP contribution < -0.4 is 9.41 Å². The van der Waals surface area contributed by atoms with E-state index in [9.17, 15) is 13.2 Å². The second-order valence-corrected chi connectivity index (χ2v) is 10.1. The summed E-state index contributed by atoms with van der Waals surface area (Å²) in [4.78, 5) is 15.0. The van der Waals surface area contributed by atoms with Gasteiger partial charge in [-0.1, -0.05) is 12.1 Å². The molecule has 168 valence electrons. The molecule has 0 saturated carbocycles. The SMILES string of the molecule is COc1ccc(-n2nc(C(=O)N3CCCC3)c(=NS(=O)(=O)c3cc(C)ccc3C)s2)cc1. The number of carbonyl (C=O) groups is 1. The predicted molar refractivity (Wildman–Crippen MR) is 122 cm³/mol. The average Bonchev–Trinajstić information content (AvgIpc) is 3.45. The molecule has 2 heterocycles. The minimum absolute atomic E-state index is 0.0431. The number of likely N-dealkylation sites (tertiary alicyclic amines) is 1. The number of methoxy groups -OCH3 is 1. The van der Waals surface area contributed by atoms with Crippen molar-refractivity contribution in [1.29, 1.82) is 0 Å². The highest BCUT2D eigenvalue weighted by molar-refractivity contribution is 7.90. The molecular weight excluding hydrogens is 448 g/mol. The standard InChI is InChI=1S/C22H24N4O4S2/c1-15-6-7-16(2)19(14-15)32(28,29)24-21-20(22(27)25-12-4-5-13-25)23-26(31-21)17-8-10-18(30-3)11-9-17/h6-11,14H,4-5,12-13H2,1-3H3. The molecule has 2 aromatic carbocycles. The topological polar surface area (TPSA) is 93.9 Å². The Morgan fingerprint density at radius 3 is 2.44 bits per heavy atom. The van der Waals surface area contributed by atoms with Crippen LogP contribution in [0.25, 0.3) is 5.69 Å². The lowest BCUT2D eigenvalue weighted by Gasteiger charge is -2.12. The highest BCUT2D eigenvalue weighted by Crippen LogP contribution is 2.20. The van der Waals surface area contributed by atoms with Crippen molar-refractivity contribution in [2.45, 2.75) is 31.6 Å². The first-order chi connectivity index (χ1) is 15.3. The number of hydrogen-bond acceptors (Lipinski definition) is 6. The van der Waals surface area contributed by atoms with E-state index in [-0.39, 0.29) is 21.2 Å². The number of rotatable bonds is 5. The quantitative estimate of drug-likeness (QED) is 0.569. The molecule has 0 unspecified atom stereocenters. The summed E-state index contributed by atoms with van der Waals surface area (Å²) in [5, 5.41) is 4.44. The zero-order chi connectivity index (χ0) is 22.9. The van der Waals surface area contributed by atoms with Crippen LogP contribution in [0.2, 0.25) is 0 Å². The van der Waals surface area contributed by atoms with Gasteiger partial charge in [0.15, 0.2) is 10.4 Å². The Morgan fingerprint density at radius 1 is 1.09 bits per heavy atom. The third-order valence-electron chi connectivity index (χ3n) is 5.28. The summed E-state index contributed by atoms with van der Waals surface area (Å²) in [7, 11) is -2.46. The molecule has 1 saturated heterocycles. The number of aryl methyl sites for hydroxylation is 2. The highest BCUT2D eigenvalue weighted by atomic mass is 32.2. The minimum Gasteiger partial charge on any atom is -0.497 e. The summed E-state index contributed by atoms with van der Waals surface area (Å²) in [6.45, 7) is 4.80. The van der Waals surface area contributed by atoms with Gasteiger partial charge in [0.25, 0.3) is 15.9 Å². The Kier molecular flexibility index (Phi) is 6.16. The molecule has 1 aliphatic heterocycles. The van der Waals surface area contributed by atoms with Crippen molar-refractivity contribution < 1.29 is 17.9 Å². The van der Waals surface area contributed by atoms with Crippen LogP contribution in [0.1, 0.15) is 34.5 Å². The number of hydrogen-bond donors (Lipinski definition) is 0. The normalized spacial score (nSPS) is 14.7. The van der Waals surface area contributed by atoms with Gasteiger partial charge < -0.3 is 9.64 Å². The first-order valence-corrected chi connectivity index (χ1v) is 12.4. The van der Waals surface area contributed by atoms with Crippen LogP contribution >= 0.6 is 11.5 Å². The van der Waals surface area contributed by atoms with E-state index in [1.807, 2.05) is 13.0 Å². The molecular formula is C22H24N4O4S2. The Bertz CT molecular complexity index is 1320. The lowest BCUT2D eigenvalue weighted by molar-refractivity contribution is 0.0785. The Hall–Kier alpha value is -2.98. The average molecular weight is 473 g/mol. The van der Waals surface area contributed by atoms with Crippen LogP contribution in [0.15, 0.2) is 51.8 Å². The molecule has 0 atom stereocenters. The molecule has 1 amide bonds. The maximum absolute atomic E-state index is 13.2. The van der Waals surface area contributed by atoms with E-state index < -0.39 is 10.0 Å². The third kappa shape index (κ3) is 4.46. The molecule has 0 N–H and O–H groups in total. The lowest BCUT2D eigenvalue weighted by atomic mass is 10.2. The molecule has 32 heavy (non-hydrogen) atoms. The zero-order valence-electron chi connectivity index (χ0n) is 18.1. The Balaban J connectivity index is 1.85. The van der Waals surface area contributed by atoms with Gasteiger partial charge >= 0.3 is 0 Å². The summed E-state index contributed by atoms with van der Waals surface area (Å²) < 4.78 is 37.2. The van der Waals surface area contributed by atoms with Gasteiger partial charge in [0, 0.05) is 13.1 Å². The molecule has 0 aliphatic carbocycles. The van der Waals surface area contributed by atoms with Crippen molar-refractivity contribution in [1.82, 2.24) is 14.1 Å². The van der Waals surface area contributed by atoms with Crippen molar-refractivity contribution >= 4 is 27.5 Å². The fourth-order valence-electron chi connectivity index (χ4n) is 3.51. The molecule has 1 fully saturated rings. The second kappa shape index (κ2) is 8.87. The fraction of sp³-hybridized carbons (Fsp3) is 0.318. The number of ether oxygens (including phenoxy) is 1. The summed E-state index contributed by atoms with van der Waals surface area (Å²) in [5.74, 6) is 0.377. The van der Waals surface area contributed by atoms with E-state index in [0.717, 1.165) is 29.9 Å². The number of benzene rings is 2. The van der Waals surface area contributed by atoms with Crippen molar-refractivity contribution in [3.63, 3.8) is 0 Å². The van der Waals surface area contributed by atoms with E-state index in [0.29, 0.717) is 30.1 Å². The first kappa shape index (κ1) is 22.2. The monoisotopic (exact) mass is 472 g/mol. The number of nitrogens with zero attached hydrogens (tertiary/aromatic N) is 4. The second-order valence-electron chi connectivity index (χ2n) is 7.65. The molecule has 1 aromatic heterocycles. The summed E-state index contributed by atoms with van der Waals surface area (Å²) in [6.07, 6.45) is 1.84. The van der Waals surface area contributed by atoms with Gasteiger partial charge in [-0.25, -0.2) is 0 Å². The van der Waals surface area contributed by atoms with Gasteiger partial charge in [-0.15, -0.1) is 9.50 Å². The third-order valence-corrected chi connectivity index (χ3v) is 7.74. The molecule has 0 spiro atoms. The highest BCUT2D eigenvalue weighted by Gasteiger charge is 2.26. The molecule has 0 bridgehead atoms. The van der Waals surface area contributed by atoms with Crippen molar-refractivity contribution in [3.8, 4) is 11.4 Å². The van der Waals surface area contributed by atoms with E-state index >= 15 is 0 Å². The molecule has 1 aliphatic rings. The minimum atomic E-state index is -4.03. The van der Waals surface area contributed by atoms with Gasteiger partial charge in [0.2, 0.25) is 0 Å². The maximum atomic E-state index is 13.2. The van der Waals surface area contributed by atoms with Crippen molar-refractivity contribution in [3.05, 3.63) is 64.0 Å². The van der Waals surface area contributed by atoms with Crippen LogP contribution in [-0.4, -0.2) is 48.6 Å². The van der Waals surface area contributed by atoms with Gasteiger partial charge in [-0.2, -0.15) is 12.5 Å². The van der Waals surface area contributed by atoms with Crippen LogP contribution in [0, 0.1) is 13.8 Å². The van der Waals surface area contributed by atoms with Crippen LogP contribution in [0.4, 0.5) is 0 Å². The molecule has 4 rings (SSSR count). The van der Waals surface area contributed by atoms with Gasteiger partial charge in [0.1, 0.15) is 5.75 Å². The number of carbonyl (C=O) groups excluding carboxylic acids is 1. The van der Waals surface area contributed by atoms with Crippen LogP contribution in [0.3, 0.4) is 0 Å². The van der Waals surface area contributed by atoms with E-state index in [4.69, 9.17) is 4.74 Å². The predicted octanol–water partition coefficient (Wildman–Crippen LogP) is 3.08. The fourth-order valence-corrected chi connectivity index (χ4v) is 5.88. The van der Waals surface area contributed by atoms with Crippen LogP contribution in [0.5, 0.6) is 5.75 Å². The maximum Gasteiger partial charge on any atom is 0.284 e. The first-order valence-electron chi connectivity index (χ1n) is 10.2. The van der Waals surface area contributed by atoms with Crippen LogP contribution in [-0.2, 0) is 10.0 Å². The van der Waals surface area contributed by atoms with Gasteiger partial charge in [-0.05, 0) is 79.7 Å². The summed E-state index contributed by atoms with van der Waals surface area (Å²) in [5.41, 5.74) is 2.13. The van der Waals surface area contributed by atoms with E-state index in [1.54, 1.807) is 55.3 Å². The largest absolute Gasteiger partial charge is 0.497 e. The lowest BCUT2D eigenvalue weighted by Crippen LogP contribution is -2.31. The number of aromatic nitrogens is 2. The molecule has 10 heteroatoms. The number of amides is 1. The van der Waals surface area contributed by atoms with E-state index in [1.165, 1.54) is 4.07 Å². The van der Waals surface area contributed by atoms with E-state index in [2.05, 4.69) is 9.50 Å².